The van der Waals surface area contributed by atoms with E-state index in [1.807, 2.05) is 31.2 Å². The van der Waals surface area contributed by atoms with E-state index in [1.165, 1.54) is 6.26 Å². The molecule has 1 aliphatic heterocycles. The second kappa shape index (κ2) is 7.95. The first-order chi connectivity index (χ1) is 12.5. The number of sulfone groups is 1. The van der Waals surface area contributed by atoms with Crippen molar-refractivity contribution in [3.05, 3.63) is 54.0 Å². The van der Waals surface area contributed by atoms with Crippen molar-refractivity contribution in [1.29, 1.82) is 0 Å². The lowest BCUT2D eigenvalue weighted by Gasteiger charge is -2.31. The monoisotopic (exact) mass is 377 g/mol. The summed E-state index contributed by atoms with van der Waals surface area (Å²) in [7, 11) is -3.28. The van der Waals surface area contributed by atoms with Crippen LogP contribution in [0, 0.1) is 6.92 Å². The number of amides is 1. The molecule has 1 saturated heterocycles. The van der Waals surface area contributed by atoms with E-state index in [0.717, 1.165) is 5.56 Å². The molecule has 1 aromatic carbocycles. The van der Waals surface area contributed by atoms with Crippen LogP contribution in [0.3, 0.4) is 0 Å². The zero-order valence-corrected chi connectivity index (χ0v) is 15.6. The second-order valence-electron chi connectivity index (χ2n) is 6.52. The van der Waals surface area contributed by atoms with Crippen LogP contribution in [0.15, 0.2) is 47.1 Å². The van der Waals surface area contributed by atoms with Gasteiger partial charge in [0.2, 0.25) is 0 Å². The molecule has 0 N–H and O–H groups in total. The van der Waals surface area contributed by atoms with Crippen LogP contribution in [0.2, 0.25) is 0 Å². The molecule has 0 radical (unpaired) electrons. The number of carbonyl (C=O) groups excluding carboxylic acids is 1. The molecule has 1 amide bonds. The highest BCUT2D eigenvalue weighted by molar-refractivity contribution is 7.91. The van der Waals surface area contributed by atoms with E-state index < -0.39 is 15.1 Å². The first-order valence-corrected chi connectivity index (χ1v) is 10.4. The van der Waals surface area contributed by atoms with E-state index in [9.17, 15) is 13.2 Å². The summed E-state index contributed by atoms with van der Waals surface area (Å²) in [5, 5.41) is -0.436. The van der Waals surface area contributed by atoms with Gasteiger partial charge in [-0.25, -0.2) is 8.42 Å². The van der Waals surface area contributed by atoms with Crippen LogP contribution in [0.25, 0.3) is 0 Å². The Balaban J connectivity index is 1.50. The molecule has 0 aliphatic carbocycles. The minimum atomic E-state index is -3.28. The van der Waals surface area contributed by atoms with Gasteiger partial charge in [0.15, 0.2) is 16.4 Å². The molecular weight excluding hydrogens is 354 g/mol. The Hall–Kier alpha value is -2.28. The number of benzene rings is 1. The molecule has 7 heteroatoms. The third-order valence-electron chi connectivity index (χ3n) is 4.67. The van der Waals surface area contributed by atoms with Gasteiger partial charge in [-0.1, -0.05) is 18.2 Å². The fourth-order valence-electron chi connectivity index (χ4n) is 3.12. The maximum Gasteiger partial charge on any atom is 0.260 e. The van der Waals surface area contributed by atoms with Crippen LogP contribution in [-0.2, 0) is 20.4 Å². The number of piperidine rings is 1. The van der Waals surface area contributed by atoms with Crippen LogP contribution < -0.4 is 4.74 Å². The van der Waals surface area contributed by atoms with Crippen molar-refractivity contribution in [3.63, 3.8) is 0 Å². The van der Waals surface area contributed by atoms with Crippen molar-refractivity contribution in [2.24, 2.45) is 0 Å². The normalized spacial score (nSPS) is 15.8. The van der Waals surface area contributed by atoms with Crippen LogP contribution >= 0.6 is 0 Å². The van der Waals surface area contributed by atoms with Crippen molar-refractivity contribution in [2.75, 3.05) is 19.7 Å². The van der Waals surface area contributed by atoms with E-state index in [-0.39, 0.29) is 18.3 Å². The molecule has 140 valence electrons. The van der Waals surface area contributed by atoms with E-state index in [1.54, 1.807) is 17.0 Å². The summed E-state index contributed by atoms with van der Waals surface area (Å²) in [5.74, 6) is 0.941. The maximum absolute atomic E-state index is 12.5. The number of hydrogen-bond donors (Lipinski definition) is 0. The Morgan fingerprint density at radius 3 is 2.58 bits per heavy atom. The lowest BCUT2D eigenvalue weighted by atomic mass is 10.1. The topological polar surface area (TPSA) is 76.8 Å². The molecule has 6 nitrogen and oxygen atoms in total. The van der Waals surface area contributed by atoms with Gasteiger partial charge in [0.25, 0.3) is 5.91 Å². The van der Waals surface area contributed by atoms with Crippen molar-refractivity contribution in [2.45, 2.75) is 30.8 Å². The zero-order chi connectivity index (χ0) is 18.6. The predicted octanol–water partition coefficient (Wildman–Crippen LogP) is 2.57. The van der Waals surface area contributed by atoms with Crippen molar-refractivity contribution >= 4 is 15.7 Å². The van der Waals surface area contributed by atoms with Gasteiger partial charge in [-0.3, -0.25) is 4.79 Å². The van der Waals surface area contributed by atoms with E-state index in [2.05, 4.69) is 0 Å². The van der Waals surface area contributed by atoms with Gasteiger partial charge in [0.05, 0.1) is 11.5 Å². The Kier molecular flexibility index (Phi) is 5.66. The van der Waals surface area contributed by atoms with Crippen LogP contribution in [0.4, 0.5) is 0 Å². The quantitative estimate of drug-likeness (QED) is 0.773. The highest BCUT2D eigenvalue weighted by Gasteiger charge is 2.32. The van der Waals surface area contributed by atoms with E-state index >= 15 is 0 Å². The molecule has 0 bridgehead atoms. The highest BCUT2D eigenvalue weighted by Crippen LogP contribution is 2.22. The number of aryl methyl sites for hydroxylation is 1. The Labute approximate surface area is 153 Å². The summed E-state index contributed by atoms with van der Waals surface area (Å²) < 4.78 is 35.7. The maximum atomic E-state index is 12.5. The SMILES string of the molecule is Cc1ccccc1OCC(=O)N1CCC(S(=O)(=O)Cc2ccco2)CC1. The standard InChI is InChI=1S/C19H23NO5S/c1-15-5-2-3-7-18(15)25-13-19(21)20-10-8-17(9-11-20)26(22,23)14-16-6-4-12-24-16/h2-7,12,17H,8-11,13-14H2,1H3. The van der Waals surface area contributed by atoms with Crippen LogP contribution in [-0.4, -0.2) is 44.2 Å². The molecule has 1 aromatic heterocycles. The molecular formula is C19H23NO5S. The largest absolute Gasteiger partial charge is 0.484 e. The average Bonchev–Trinajstić information content (AvgIpc) is 3.13. The third kappa shape index (κ3) is 4.46. The highest BCUT2D eigenvalue weighted by atomic mass is 32.2. The Morgan fingerprint density at radius 2 is 1.92 bits per heavy atom. The average molecular weight is 377 g/mol. The second-order valence-corrected chi connectivity index (χ2v) is 8.80. The first-order valence-electron chi connectivity index (χ1n) is 8.66. The summed E-state index contributed by atoms with van der Waals surface area (Å²) in [5.41, 5.74) is 0.975. The third-order valence-corrected chi connectivity index (χ3v) is 6.84. The molecule has 3 rings (SSSR count). The molecule has 0 spiro atoms. The van der Waals surface area contributed by atoms with Crippen molar-refractivity contribution in [1.82, 2.24) is 4.90 Å². The van der Waals surface area contributed by atoms with Gasteiger partial charge in [-0.15, -0.1) is 0 Å². The number of rotatable bonds is 6. The minimum Gasteiger partial charge on any atom is -0.484 e. The van der Waals surface area contributed by atoms with Gasteiger partial charge < -0.3 is 14.1 Å². The smallest absolute Gasteiger partial charge is 0.260 e. The summed E-state index contributed by atoms with van der Waals surface area (Å²) in [6.07, 6.45) is 2.36. The van der Waals surface area contributed by atoms with Gasteiger partial charge >= 0.3 is 0 Å². The Morgan fingerprint density at radius 1 is 1.19 bits per heavy atom. The van der Waals surface area contributed by atoms with Gasteiger partial charge in [-0.05, 0) is 43.5 Å². The minimum absolute atomic E-state index is 0.0331. The molecule has 1 aliphatic rings. The number of para-hydroxylation sites is 1. The fourth-order valence-corrected chi connectivity index (χ4v) is 4.85. The van der Waals surface area contributed by atoms with Crippen molar-refractivity contribution < 1.29 is 22.4 Å². The molecule has 0 atom stereocenters. The number of likely N-dealkylation sites (tertiary alicyclic amines) is 1. The molecule has 1 fully saturated rings. The first kappa shape index (κ1) is 18.5. The van der Waals surface area contributed by atoms with Gasteiger partial charge in [-0.2, -0.15) is 0 Å². The predicted molar refractivity (Wildman–Crippen MR) is 97.6 cm³/mol. The summed E-state index contributed by atoms with van der Waals surface area (Å²) in [4.78, 5) is 14.0. The zero-order valence-electron chi connectivity index (χ0n) is 14.8. The van der Waals surface area contributed by atoms with Crippen molar-refractivity contribution in [3.8, 4) is 5.75 Å². The lowest BCUT2D eigenvalue weighted by molar-refractivity contribution is -0.134. The number of hydrogen-bond acceptors (Lipinski definition) is 5. The van der Waals surface area contributed by atoms with Crippen LogP contribution in [0.1, 0.15) is 24.2 Å². The summed E-state index contributed by atoms with van der Waals surface area (Å²) >= 11 is 0. The lowest BCUT2D eigenvalue weighted by Crippen LogP contribution is -2.44. The number of carbonyl (C=O) groups is 1. The molecule has 2 aromatic rings. The number of nitrogens with zero attached hydrogens (tertiary/aromatic N) is 1. The fraction of sp³-hybridized carbons (Fsp3) is 0.421. The summed E-state index contributed by atoms with van der Waals surface area (Å²) in [6, 6.07) is 10.9. The molecule has 2 heterocycles. The molecule has 0 unspecified atom stereocenters. The van der Waals surface area contributed by atoms with Crippen LogP contribution in [0.5, 0.6) is 5.75 Å². The van der Waals surface area contributed by atoms with Gasteiger partial charge in [0, 0.05) is 13.1 Å². The van der Waals surface area contributed by atoms with E-state index in [4.69, 9.17) is 9.15 Å². The van der Waals surface area contributed by atoms with E-state index in [0.29, 0.717) is 37.4 Å². The summed E-state index contributed by atoms with van der Waals surface area (Å²) in [6.45, 7) is 2.75. The Bertz CT molecular complexity index is 837. The molecule has 26 heavy (non-hydrogen) atoms. The van der Waals surface area contributed by atoms with Gasteiger partial charge in [0.1, 0.15) is 17.3 Å². The number of ether oxygens (including phenoxy) is 1. The molecule has 0 saturated carbocycles. The number of furan rings is 1.